The zero-order valence-corrected chi connectivity index (χ0v) is 13.3. The molecule has 2 heterocycles. The molecule has 2 aliphatic rings. The second-order valence-electron chi connectivity index (χ2n) is 6.05. The molecule has 1 aromatic rings. The van der Waals surface area contributed by atoms with E-state index in [1.165, 1.54) is 0 Å². The van der Waals surface area contributed by atoms with E-state index in [9.17, 15) is 13.2 Å². The lowest BCUT2D eigenvalue weighted by molar-refractivity contribution is -0.131. The number of likely N-dealkylation sites (tertiary alicyclic amines) is 1. The molecule has 122 valence electrons. The number of carbonyl (C=O) groups excluding carboxylic acids is 1. The smallest absolute Gasteiger partial charge is 0.223 e. The Morgan fingerprint density at radius 1 is 1.18 bits per heavy atom. The summed E-state index contributed by atoms with van der Waals surface area (Å²) < 4.78 is 26.0. The van der Waals surface area contributed by atoms with Crippen molar-refractivity contribution < 1.29 is 13.2 Å². The summed E-state index contributed by atoms with van der Waals surface area (Å²) in [5, 5.41) is 11.2. The Bertz CT molecular complexity index is 632. The number of amides is 1. The molecular weight excluding hydrogens is 306 g/mol. The van der Waals surface area contributed by atoms with Gasteiger partial charge in [0.05, 0.1) is 11.8 Å². The van der Waals surface area contributed by atoms with E-state index >= 15 is 0 Å². The van der Waals surface area contributed by atoms with Crippen molar-refractivity contribution in [2.24, 2.45) is 0 Å². The van der Waals surface area contributed by atoms with Crippen molar-refractivity contribution in [1.29, 1.82) is 0 Å². The Morgan fingerprint density at radius 3 is 2.59 bits per heavy atom. The Balaban J connectivity index is 1.54. The van der Waals surface area contributed by atoms with Crippen LogP contribution >= 0.6 is 0 Å². The second-order valence-corrected chi connectivity index (χ2v) is 8.24. The highest BCUT2D eigenvalue weighted by Crippen LogP contribution is 2.34. The normalized spacial score (nSPS) is 19.4. The molecule has 0 spiro atoms. The highest BCUT2D eigenvalue weighted by Gasteiger charge is 2.29. The van der Waals surface area contributed by atoms with E-state index in [2.05, 4.69) is 15.5 Å². The van der Waals surface area contributed by atoms with E-state index in [1.807, 2.05) is 0 Å². The number of tetrazole rings is 1. The molecule has 1 aliphatic heterocycles. The third kappa shape index (κ3) is 3.82. The molecule has 8 nitrogen and oxygen atoms in total. The molecule has 22 heavy (non-hydrogen) atoms. The van der Waals surface area contributed by atoms with Gasteiger partial charge in [-0.05, 0) is 42.5 Å². The van der Waals surface area contributed by atoms with Crippen molar-refractivity contribution in [2.45, 2.75) is 50.3 Å². The molecule has 0 radical (unpaired) electrons. The highest BCUT2D eigenvalue weighted by atomic mass is 32.2. The number of piperidine rings is 1. The maximum atomic E-state index is 12.2. The summed E-state index contributed by atoms with van der Waals surface area (Å²) in [6.45, 7) is 1.50. The molecule has 0 N–H and O–H groups in total. The Hall–Kier alpha value is -1.51. The van der Waals surface area contributed by atoms with Gasteiger partial charge >= 0.3 is 0 Å². The summed E-state index contributed by atoms with van der Waals surface area (Å²) in [5.74, 6) is -0.0121. The van der Waals surface area contributed by atoms with Gasteiger partial charge in [-0.2, -0.15) is 0 Å². The monoisotopic (exact) mass is 327 g/mol. The van der Waals surface area contributed by atoms with Crippen molar-refractivity contribution in [3.8, 4) is 0 Å². The van der Waals surface area contributed by atoms with Crippen molar-refractivity contribution >= 4 is 15.7 Å². The standard InChI is InChI=1S/C13H21N5O3S/c19-13(17-7-2-1-3-8-17)6-9-22(20,21)10-12-14-15-16-18(12)11-4-5-11/h11H,1-10H2. The van der Waals surface area contributed by atoms with Crippen LogP contribution in [0.25, 0.3) is 0 Å². The summed E-state index contributed by atoms with van der Waals surface area (Å²) in [4.78, 5) is 13.8. The third-order valence-electron chi connectivity index (χ3n) is 4.14. The van der Waals surface area contributed by atoms with Gasteiger partial charge in [0, 0.05) is 19.5 Å². The molecule has 1 saturated carbocycles. The van der Waals surface area contributed by atoms with Crippen LogP contribution in [0.3, 0.4) is 0 Å². The number of rotatable bonds is 6. The van der Waals surface area contributed by atoms with Crippen LogP contribution in [0.2, 0.25) is 0 Å². The summed E-state index contributed by atoms with van der Waals surface area (Å²) in [6.07, 6.45) is 5.19. The second kappa shape index (κ2) is 6.31. The molecule has 0 bridgehead atoms. The summed E-state index contributed by atoms with van der Waals surface area (Å²) >= 11 is 0. The van der Waals surface area contributed by atoms with Crippen molar-refractivity contribution in [2.75, 3.05) is 18.8 Å². The minimum Gasteiger partial charge on any atom is -0.343 e. The maximum Gasteiger partial charge on any atom is 0.223 e. The molecule has 1 amide bonds. The van der Waals surface area contributed by atoms with Gasteiger partial charge in [0.25, 0.3) is 0 Å². The van der Waals surface area contributed by atoms with Crippen molar-refractivity contribution in [1.82, 2.24) is 25.1 Å². The molecule has 0 aromatic carbocycles. The first-order chi connectivity index (χ1) is 10.6. The summed E-state index contributed by atoms with van der Waals surface area (Å²) in [6, 6.07) is 0.246. The van der Waals surface area contributed by atoms with Crippen molar-refractivity contribution in [3.63, 3.8) is 0 Å². The molecule has 3 rings (SSSR count). The van der Waals surface area contributed by atoms with Crippen molar-refractivity contribution in [3.05, 3.63) is 5.82 Å². The predicted molar refractivity (Wildman–Crippen MR) is 78.6 cm³/mol. The van der Waals surface area contributed by atoms with Gasteiger partial charge in [0.2, 0.25) is 5.91 Å². The average Bonchev–Trinajstić information content (AvgIpc) is 3.26. The molecular formula is C13H21N5O3S. The van der Waals surface area contributed by atoms with E-state index < -0.39 is 9.84 Å². The van der Waals surface area contributed by atoms with Gasteiger partial charge in [-0.3, -0.25) is 4.79 Å². The van der Waals surface area contributed by atoms with Crippen LogP contribution in [0.4, 0.5) is 0 Å². The SMILES string of the molecule is O=C(CCS(=O)(=O)Cc1nnnn1C1CC1)N1CCCCC1. The predicted octanol–water partition coefficient (Wildman–Crippen LogP) is 0.325. The Morgan fingerprint density at radius 2 is 1.91 bits per heavy atom. The number of hydrogen-bond acceptors (Lipinski definition) is 6. The maximum absolute atomic E-state index is 12.2. The number of aromatic nitrogens is 4. The van der Waals surface area contributed by atoms with Crippen LogP contribution in [0.15, 0.2) is 0 Å². The average molecular weight is 327 g/mol. The third-order valence-corrected chi connectivity index (χ3v) is 5.66. The van der Waals surface area contributed by atoms with E-state index in [0.717, 1.165) is 45.2 Å². The first-order valence-corrected chi connectivity index (χ1v) is 9.62. The van der Waals surface area contributed by atoms with E-state index in [0.29, 0.717) is 5.82 Å². The first-order valence-electron chi connectivity index (χ1n) is 7.80. The van der Waals surface area contributed by atoms with E-state index in [1.54, 1.807) is 9.58 Å². The van der Waals surface area contributed by atoms with Gasteiger partial charge in [0.15, 0.2) is 15.7 Å². The fraction of sp³-hybridized carbons (Fsp3) is 0.846. The molecule has 1 aliphatic carbocycles. The lowest BCUT2D eigenvalue weighted by Crippen LogP contribution is -2.36. The fourth-order valence-electron chi connectivity index (χ4n) is 2.72. The lowest BCUT2D eigenvalue weighted by atomic mass is 10.1. The molecule has 9 heteroatoms. The van der Waals surface area contributed by atoms with Crippen LogP contribution < -0.4 is 0 Å². The minimum absolute atomic E-state index is 0.0489. The largest absolute Gasteiger partial charge is 0.343 e. The van der Waals surface area contributed by atoms with Gasteiger partial charge in [-0.15, -0.1) is 5.10 Å². The molecule has 2 fully saturated rings. The summed E-state index contributed by atoms with van der Waals surface area (Å²) in [5.41, 5.74) is 0. The van der Waals surface area contributed by atoms with Crippen LogP contribution in [0, 0.1) is 0 Å². The quantitative estimate of drug-likeness (QED) is 0.746. The number of nitrogens with zero attached hydrogens (tertiary/aromatic N) is 5. The van der Waals surface area contributed by atoms with Crippen LogP contribution in [-0.2, 0) is 20.4 Å². The zero-order valence-electron chi connectivity index (χ0n) is 12.5. The minimum atomic E-state index is -3.38. The van der Waals surface area contributed by atoms with Crippen LogP contribution in [0.1, 0.15) is 50.4 Å². The number of carbonyl (C=O) groups is 1. The lowest BCUT2D eigenvalue weighted by Gasteiger charge is -2.26. The molecule has 0 atom stereocenters. The Labute approximate surface area is 129 Å². The Kier molecular flexibility index (Phi) is 4.42. The van der Waals surface area contributed by atoms with Gasteiger partial charge in [-0.25, -0.2) is 13.1 Å². The molecule has 0 unspecified atom stereocenters. The zero-order chi connectivity index (χ0) is 15.6. The molecule has 1 aromatic heterocycles. The van der Waals surface area contributed by atoms with Gasteiger partial charge in [-0.1, -0.05) is 0 Å². The van der Waals surface area contributed by atoms with Gasteiger partial charge in [0.1, 0.15) is 5.75 Å². The fourth-order valence-corrected chi connectivity index (χ4v) is 3.94. The van der Waals surface area contributed by atoms with Crippen LogP contribution in [0.5, 0.6) is 0 Å². The van der Waals surface area contributed by atoms with E-state index in [4.69, 9.17) is 0 Å². The van der Waals surface area contributed by atoms with E-state index in [-0.39, 0.29) is 29.9 Å². The number of sulfone groups is 1. The first kappa shape index (κ1) is 15.4. The molecule has 1 saturated heterocycles. The topological polar surface area (TPSA) is 98.0 Å². The highest BCUT2D eigenvalue weighted by molar-refractivity contribution is 7.90. The van der Waals surface area contributed by atoms with Gasteiger partial charge < -0.3 is 4.90 Å². The van der Waals surface area contributed by atoms with Crippen LogP contribution in [-0.4, -0.2) is 58.3 Å². The summed E-state index contributed by atoms with van der Waals surface area (Å²) in [7, 11) is -3.38. The number of hydrogen-bond donors (Lipinski definition) is 0.